The van der Waals surface area contributed by atoms with Crippen LogP contribution in [0.15, 0.2) is 52.9 Å². The number of piperidine rings is 1. The van der Waals surface area contributed by atoms with Crippen LogP contribution in [0.4, 0.5) is 23.7 Å². The van der Waals surface area contributed by atoms with Gasteiger partial charge >= 0.3 is 12.3 Å². The third kappa shape index (κ3) is 7.68. The second kappa shape index (κ2) is 12.3. The number of oxazole rings is 1. The highest BCUT2D eigenvalue weighted by Gasteiger charge is 2.34. The second-order valence-electron chi connectivity index (χ2n) is 11.1. The fraction of sp³-hybridized carbons (Fsp3) is 0.400. The number of aromatic nitrogens is 1. The highest BCUT2D eigenvalue weighted by atomic mass is 19.4. The zero-order valence-corrected chi connectivity index (χ0v) is 23.8. The summed E-state index contributed by atoms with van der Waals surface area (Å²) in [5.74, 6) is -0.708. The summed E-state index contributed by atoms with van der Waals surface area (Å²) in [5.41, 5.74) is -0.583. The first kappa shape index (κ1) is 30.6. The van der Waals surface area contributed by atoms with Gasteiger partial charge in [-0.15, -0.1) is 0 Å². The van der Waals surface area contributed by atoms with Gasteiger partial charge in [-0.25, -0.2) is 9.78 Å². The number of nitrogens with one attached hydrogen (secondary N) is 2. The number of nitrogens with zero attached hydrogens (tertiary/aromatic N) is 2. The third-order valence-corrected chi connectivity index (χ3v) is 6.58. The Morgan fingerprint density at radius 2 is 1.67 bits per heavy atom. The van der Waals surface area contributed by atoms with Crippen molar-refractivity contribution in [2.75, 3.05) is 18.4 Å². The van der Waals surface area contributed by atoms with Crippen molar-refractivity contribution in [2.24, 2.45) is 0 Å². The van der Waals surface area contributed by atoms with Crippen molar-refractivity contribution in [3.8, 4) is 11.3 Å². The van der Waals surface area contributed by atoms with E-state index in [4.69, 9.17) is 9.15 Å². The van der Waals surface area contributed by atoms with Crippen LogP contribution in [0.2, 0.25) is 0 Å². The second-order valence-corrected chi connectivity index (χ2v) is 11.1. The number of hydrogen-bond donors (Lipinski definition) is 2. The molecular formula is C30H33F3N4O5. The number of amides is 3. The summed E-state index contributed by atoms with van der Waals surface area (Å²) in [7, 11) is 0. The minimum absolute atomic E-state index is 0.0728. The van der Waals surface area contributed by atoms with E-state index in [1.54, 1.807) is 49.9 Å². The smallest absolute Gasteiger partial charge is 0.416 e. The maximum Gasteiger partial charge on any atom is 0.416 e. The van der Waals surface area contributed by atoms with E-state index < -0.39 is 29.3 Å². The molecule has 1 saturated heterocycles. The molecule has 3 aromatic rings. The summed E-state index contributed by atoms with van der Waals surface area (Å²) in [5, 5.41) is 5.21. The molecule has 0 aliphatic carbocycles. The molecule has 12 heteroatoms. The Morgan fingerprint density at radius 3 is 2.26 bits per heavy atom. The van der Waals surface area contributed by atoms with E-state index in [1.807, 2.05) is 0 Å². The summed E-state index contributed by atoms with van der Waals surface area (Å²) in [6.07, 6.45) is -3.95. The summed E-state index contributed by atoms with van der Waals surface area (Å²) >= 11 is 0. The van der Waals surface area contributed by atoms with Gasteiger partial charge in [-0.1, -0.05) is 18.2 Å². The molecule has 9 nitrogen and oxygen atoms in total. The number of carbonyl (C=O) groups excluding carboxylic acids is 3. The zero-order valence-electron chi connectivity index (χ0n) is 23.8. The molecular weight excluding hydrogens is 553 g/mol. The first-order valence-electron chi connectivity index (χ1n) is 13.5. The topological polar surface area (TPSA) is 114 Å². The lowest BCUT2D eigenvalue weighted by Crippen LogP contribution is -2.41. The van der Waals surface area contributed by atoms with E-state index in [-0.39, 0.29) is 35.4 Å². The first-order chi connectivity index (χ1) is 19.7. The van der Waals surface area contributed by atoms with Crippen LogP contribution in [0.5, 0.6) is 0 Å². The van der Waals surface area contributed by atoms with Gasteiger partial charge in [-0.2, -0.15) is 13.2 Å². The molecule has 1 aromatic heterocycles. The van der Waals surface area contributed by atoms with Crippen LogP contribution >= 0.6 is 0 Å². The predicted molar refractivity (Wildman–Crippen MR) is 149 cm³/mol. The Balaban J connectivity index is 1.57. The molecule has 0 saturated carbocycles. The molecule has 42 heavy (non-hydrogen) atoms. The molecule has 0 spiro atoms. The van der Waals surface area contributed by atoms with Gasteiger partial charge in [0.15, 0.2) is 17.3 Å². The molecule has 2 aromatic carbocycles. The first-order valence-corrected chi connectivity index (χ1v) is 13.5. The van der Waals surface area contributed by atoms with Gasteiger partial charge in [0, 0.05) is 43.7 Å². The van der Waals surface area contributed by atoms with Crippen LogP contribution in [-0.4, -0.2) is 46.5 Å². The number of hydrogen-bond acceptors (Lipinski definition) is 6. The predicted octanol–water partition coefficient (Wildman–Crippen LogP) is 6.36. The van der Waals surface area contributed by atoms with Crippen molar-refractivity contribution in [1.29, 1.82) is 0 Å². The van der Waals surface area contributed by atoms with E-state index in [0.29, 0.717) is 43.1 Å². The Hall–Kier alpha value is -4.35. The number of rotatable bonds is 6. The fourth-order valence-corrected chi connectivity index (χ4v) is 4.61. The highest BCUT2D eigenvalue weighted by molar-refractivity contribution is 5.98. The quantitative estimate of drug-likeness (QED) is 0.347. The highest BCUT2D eigenvalue weighted by Crippen LogP contribution is 2.35. The van der Waals surface area contributed by atoms with Crippen molar-refractivity contribution >= 4 is 23.6 Å². The SMILES string of the molecule is CC(=O)Nc1ccc(-c2oc(C3CCN(C(=O)OC(C)(C)C)CC3)nc2C(=O)NCc2ccccc2C(F)(F)F)cc1. The molecule has 4 rings (SSSR count). The van der Waals surface area contributed by atoms with Crippen LogP contribution in [0, 0.1) is 0 Å². The molecule has 0 radical (unpaired) electrons. The average molecular weight is 587 g/mol. The summed E-state index contributed by atoms with van der Waals surface area (Å²) in [6.45, 7) is 7.20. The van der Waals surface area contributed by atoms with Crippen LogP contribution < -0.4 is 10.6 Å². The molecule has 3 amide bonds. The average Bonchev–Trinajstić information content (AvgIpc) is 3.36. The van der Waals surface area contributed by atoms with Crippen molar-refractivity contribution in [1.82, 2.24) is 15.2 Å². The van der Waals surface area contributed by atoms with Gasteiger partial charge in [0.05, 0.1) is 5.56 Å². The molecule has 2 N–H and O–H groups in total. The lowest BCUT2D eigenvalue weighted by atomic mass is 9.97. The number of anilines is 1. The maximum absolute atomic E-state index is 13.5. The van der Waals surface area contributed by atoms with Gasteiger partial charge in [0.25, 0.3) is 5.91 Å². The molecule has 1 aliphatic rings. The number of likely N-dealkylation sites (tertiary alicyclic amines) is 1. The third-order valence-electron chi connectivity index (χ3n) is 6.58. The molecule has 0 bridgehead atoms. The molecule has 2 heterocycles. The van der Waals surface area contributed by atoms with Crippen LogP contribution in [0.3, 0.4) is 0 Å². The summed E-state index contributed by atoms with van der Waals surface area (Å²) in [6, 6.07) is 11.6. The standard InChI is InChI=1S/C30H33F3N4O5/c1-18(38)35-22-11-9-19(10-12-22)25-24(26(39)34-17-21-7-5-6-8-23(21)30(31,32)33)36-27(41-25)20-13-15-37(16-14-20)28(40)42-29(2,3)4/h5-12,20H,13-17H2,1-4H3,(H,34,39)(H,35,38). The van der Waals surface area contributed by atoms with Crippen LogP contribution in [-0.2, 0) is 22.3 Å². The van der Waals surface area contributed by atoms with Crippen molar-refractivity contribution in [2.45, 2.75) is 64.8 Å². The molecule has 224 valence electrons. The van der Waals surface area contributed by atoms with Crippen molar-refractivity contribution in [3.63, 3.8) is 0 Å². The van der Waals surface area contributed by atoms with Gasteiger partial charge < -0.3 is 24.7 Å². The van der Waals surface area contributed by atoms with Gasteiger partial charge in [0.1, 0.15) is 5.60 Å². The van der Waals surface area contributed by atoms with E-state index in [0.717, 1.165) is 6.07 Å². The van der Waals surface area contributed by atoms with Crippen LogP contribution in [0.1, 0.15) is 74.0 Å². The Morgan fingerprint density at radius 1 is 1.02 bits per heavy atom. The normalized spacial score (nSPS) is 14.4. The van der Waals surface area contributed by atoms with E-state index in [1.165, 1.54) is 25.1 Å². The molecule has 1 fully saturated rings. The van der Waals surface area contributed by atoms with Crippen molar-refractivity contribution < 1.29 is 36.7 Å². The number of alkyl halides is 3. The zero-order chi connectivity index (χ0) is 30.7. The Bertz CT molecular complexity index is 1440. The fourth-order valence-electron chi connectivity index (χ4n) is 4.61. The lowest BCUT2D eigenvalue weighted by molar-refractivity contribution is -0.138. The molecule has 0 atom stereocenters. The maximum atomic E-state index is 13.5. The minimum Gasteiger partial charge on any atom is -0.444 e. The van der Waals surface area contributed by atoms with Gasteiger partial charge in [-0.05, 0) is 69.5 Å². The van der Waals surface area contributed by atoms with E-state index in [9.17, 15) is 27.6 Å². The Kier molecular flexibility index (Phi) is 8.93. The van der Waals surface area contributed by atoms with Crippen LogP contribution in [0.25, 0.3) is 11.3 Å². The minimum atomic E-state index is -4.57. The monoisotopic (exact) mass is 586 g/mol. The molecule has 1 aliphatic heterocycles. The Labute approximate surface area is 241 Å². The number of ether oxygens (including phenoxy) is 1. The lowest BCUT2D eigenvalue weighted by Gasteiger charge is -2.32. The largest absolute Gasteiger partial charge is 0.444 e. The van der Waals surface area contributed by atoms with Gasteiger partial charge in [-0.3, -0.25) is 9.59 Å². The summed E-state index contributed by atoms with van der Waals surface area (Å²) < 4.78 is 52.0. The van der Waals surface area contributed by atoms with Crippen molar-refractivity contribution in [3.05, 3.63) is 71.2 Å². The number of halogens is 3. The van der Waals surface area contributed by atoms with Gasteiger partial charge in [0.2, 0.25) is 5.91 Å². The number of benzene rings is 2. The van der Waals surface area contributed by atoms with E-state index >= 15 is 0 Å². The molecule has 0 unspecified atom stereocenters. The summed E-state index contributed by atoms with van der Waals surface area (Å²) in [4.78, 5) is 43.3. The van der Waals surface area contributed by atoms with E-state index in [2.05, 4.69) is 15.6 Å². The number of carbonyl (C=O) groups is 3.